The molecule has 0 N–H and O–H groups in total. The van der Waals surface area contributed by atoms with Gasteiger partial charge in [-0.2, -0.15) is 9.98 Å². The topological polar surface area (TPSA) is 43.2 Å². The Hall–Kier alpha value is -0.207. The van der Waals surface area contributed by atoms with Gasteiger partial charge in [0, 0.05) is 26.6 Å². The average Bonchev–Trinajstić information content (AvgIpc) is 2.05. The largest absolute Gasteiger partial charge is 1.00 e. The molecule has 1 rings (SSSR count). The SMILES string of the molecule is CO[C]1N=C=CC(OC)=N1.[Cl-].[Zn]. The summed E-state index contributed by atoms with van der Waals surface area (Å²) in [6.45, 7) is 0. The molecule has 1 heterocycles. The smallest absolute Gasteiger partial charge is 0.343 e. The van der Waals surface area contributed by atoms with E-state index in [1.54, 1.807) is 0 Å². The maximum absolute atomic E-state index is 4.79. The molecule has 12 heavy (non-hydrogen) atoms. The van der Waals surface area contributed by atoms with Crippen molar-refractivity contribution < 1.29 is 41.4 Å². The summed E-state index contributed by atoms with van der Waals surface area (Å²) in [4.78, 5) is 7.49. The van der Waals surface area contributed by atoms with E-state index in [0.717, 1.165) is 0 Å². The Kier molecular flexibility index (Phi) is 8.88. The standard InChI is InChI=1S/C6H7N2O2.ClH.Zn/c1-9-5-3-4-7-6(8-5)10-2;;/h3H,1-2H3;1H;/p-1. The van der Waals surface area contributed by atoms with Crippen molar-refractivity contribution in [2.45, 2.75) is 0 Å². The molecule has 0 unspecified atom stereocenters. The van der Waals surface area contributed by atoms with Gasteiger partial charge >= 0.3 is 6.35 Å². The Morgan fingerprint density at radius 1 is 1.33 bits per heavy atom. The summed E-state index contributed by atoms with van der Waals surface area (Å²) in [7, 11) is 3.01. The van der Waals surface area contributed by atoms with E-state index >= 15 is 0 Å². The van der Waals surface area contributed by atoms with Crippen LogP contribution in [0.1, 0.15) is 0 Å². The van der Waals surface area contributed by atoms with E-state index in [2.05, 4.69) is 15.9 Å². The number of halogens is 1. The zero-order valence-corrected chi connectivity index (χ0v) is 10.6. The first kappa shape index (κ1) is 14.3. The van der Waals surface area contributed by atoms with E-state index < -0.39 is 0 Å². The summed E-state index contributed by atoms with van der Waals surface area (Å²) >= 11 is 0. The van der Waals surface area contributed by atoms with Crippen molar-refractivity contribution in [1.82, 2.24) is 0 Å². The van der Waals surface area contributed by atoms with Crippen molar-refractivity contribution >= 4 is 11.8 Å². The summed E-state index contributed by atoms with van der Waals surface area (Å²) in [6.07, 6.45) is 1.79. The molecule has 0 saturated carbocycles. The second kappa shape index (κ2) is 7.44. The molecule has 0 aromatic heterocycles. The fourth-order valence-corrected chi connectivity index (χ4v) is 0.490. The van der Waals surface area contributed by atoms with Crippen LogP contribution < -0.4 is 12.4 Å². The zero-order chi connectivity index (χ0) is 7.40. The molecule has 4 nitrogen and oxygen atoms in total. The van der Waals surface area contributed by atoms with Gasteiger partial charge in [-0.05, 0) is 5.87 Å². The van der Waals surface area contributed by atoms with E-state index in [0.29, 0.717) is 5.90 Å². The maximum atomic E-state index is 4.79. The molecule has 0 saturated heterocycles. The van der Waals surface area contributed by atoms with Crippen molar-refractivity contribution in [2.75, 3.05) is 14.2 Å². The number of hydrogen-bond acceptors (Lipinski definition) is 4. The van der Waals surface area contributed by atoms with Gasteiger partial charge in [0.05, 0.1) is 13.2 Å². The Labute approximate surface area is 89.9 Å². The van der Waals surface area contributed by atoms with Gasteiger partial charge in [0.2, 0.25) is 5.90 Å². The predicted molar refractivity (Wildman–Crippen MR) is 36.7 cm³/mol. The third kappa shape index (κ3) is 3.98. The first-order valence-corrected chi connectivity index (χ1v) is 2.70. The monoisotopic (exact) mass is 238 g/mol. The Balaban J connectivity index is 0. The summed E-state index contributed by atoms with van der Waals surface area (Å²) in [5, 5.41) is 0. The van der Waals surface area contributed by atoms with E-state index in [1.807, 2.05) is 0 Å². The van der Waals surface area contributed by atoms with Crippen molar-refractivity contribution in [3.63, 3.8) is 0 Å². The molecule has 0 aromatic carbocycles. The molecule has 0 bridgehead atoms. The summed E-state index contributed by atoms with van der Waals surface area (Å²) in [5.41, 5.74) is 0. The fraction of sp³-hybridized carbons (Fsp3) is 0.333. The molecular formula is C6H7ClN2O2Zn-. The van der Waals surface area contributed by atoms with Gasteiger partial charge in [0.1, 0.15) is 0 Å². The average molecular weight is 240 g/mol. The third-order valence-corrected chi connectivity index (χ3v) is 0.946. The maximum Gasteiger partial charge on any atom is 0.343 e. The second-order valence-electron chi connectivity index (χ2n) is 1.53. The molecule has 63 valence electrons. The van der Waals surface area contributed by atoms with E-state index in [-0.39, 0.29) is 38.2 Å². The minimum Gasteiger partial charge on any atom is -1.00 e. The fourth-order valence-electron chi connectivity index (χ4n) is 0.490. The number of aliphatic imine (C=N–C) groups is 2. The molecule has 0 amide bonds. The van der Waals surface area contributed by atoms with Crippen molar-refractivity contribution in [1.29, 1.82) is 0 Å². The van der Waals surface area contributed by atoms with Crippen LogP contribution in [0.15, 0.2) is 16.1 Å². The molecule has 1 aliphatic heterocycles. The van der Waals surface area contributed by atoms with Crippen LogP contribution in [-0.2, 0) is 29.0 Å². The quantitative estimate of drug-likeness (QED) is 0.470. The minimum atomic E-state index is 0. The first-order valence-electron chi connectivity index (χ1n) is 2.70. The van der Waals surface area contributed by atoms with Gasteiger partial charge in [0.15, 0.2) is 0 Å². The third-order valence-electron chi connectivity index (χ3n) is 0.946. The summed E-state index contributed by atoms with van der Waals surface area (Å²) < 4.78 is 9.52. The van der Waals surface area contributed by atoms with Crippen LogP contribution in [0.3, 0.4) is 0 Å². The number of nitrogens with zero attached hydrogens (tertiary/aromatic N) is 2. The molecule has 0 spiro atoms. The number of ether oxygens (including phenoxy) is 2. The molecular weight excluding hydrogens is 233 g/mol. The van der Waals surface area contributed by atoms with Crippen LogP contribution in [0.2, 0.25) is 0 Å². The van der Waals surface area contributed by atoms with Crippen LogP contribution in [0.25, 0.3) is 0 Å². The minimum absolute atomic E-state index is 0. The van der Waals surface area contributed by atoms with Gasteiger partial charge in [-0.3, -0.25) is 0 Å². The molecule has 0 aliphatic carbocycles. The van der Waals surface area contributed by atoms with Crippen LogP contribution in [0.4, 0.5) is 0 Å². The van der Waals surface area contributed by atoms with Crippen LogP contribution >= 0.6 is 0 Å². The van der Waals surface area contributed by atoms with Gasteiger partial charge in [-0.15, -0.1) is 0 Å². The zero-order valence-electron chi connectivity index (χ0n) is 6.87. The Bertz CT molecular complexity index is 214. The van der Waals surface area contributed by atoms with Gasteiger partial charge < -0.3 is 21.9 Å². The van der Waals surface area contributed by atoms with Crippen LogP contribution in [-0.4, -0.2) is 26.0 Å². The Morgan fingerprint density at radius 3 is 2.50 bits per heavy atom. The number of hydrogen-bond donors (Lipinski definition) is 0. The molecule has 1 aliphatic rings. The number of methoxy groups -OCH3 is 2. The molecule has 6 heteroatoms. The van der Waals surface area contributed by atoms with Gasteiger partial charge in [-0.25, -0.2) is 0 Å². The van der Waals surface area contributed by atoms with E-state index in [4.69, 9.17) is 9.47 Å². The van der Waals surface area contributed by atoms with Crippen molar-refractivity contribution in [3.8, 4) is 0 Å². The van der Waals surface area contributed by atoms with E-state index in [1.165, 1.54) is 20.3 Å². The van der Waals surface area contributed by atoms with Gasteiger partial charge in [-0.1, -0.05) is 0 Å². The van der Waals surface area contributed by atoms with Crippen molar-refractivity contribution in [2.24, 2.45) is 9.98 Å². The first-order chi connectivity index (χ1) is 4.86. The second-order valence-corrected chi connectivity index (χ2v) is 1.53. The van der Waals surface area contributed by atoms with E-state index in [9.17, 15) is 0 Å². The normalized spacial score (nSPS) is 14.3. The Morgan fingerprint density at radius 2 is 2.00 bits per heavy atom. The number of rotatable bonds is 1. The molecule has 0 atom stereocenters. The predicted octanol–water partition coefficient (Wildman–Crippen LogP) is -2.63. The summed E-state index contributed by atoms with van der Waals surface area (Å²) in [6, 6.07) is 0. The van der Waals surface area contributed by atoms with Crippen molar-refractivity contribution in [3.05, 3.63) is 12.4 Å². The van der Waals surface area contributed by atoms with Crippen LogP contribution in [0, 0.1) is 6.35 Å². The molecule has 1 radical (unpaired) electrons. The summed E-state index contributed by atoms with van der Waals surface area (Å²) in [5.74, 6) is 3.02. The molecule has 0 fully saturated rings. The molecule has 0 aromatic rings. The van der Waals surface area contributed by atoms with Crippen LogP contribution in [0.5, 0.6) is 0 Å². The van der Waals surface area contributed by atoms with Gasteiger partial charge in [0.25, 0.3) is 0 Å².